The molecule has 2 aromatic rings. The van der Waals surface area contributed by atoms with E-state index in [9.17, 15) is 9.18 Å². The summed E-state index contributed by atoms with van der Waals surface area (Å²) in [5.41, 5.74) is 0.590. The molecule has 1 aliphatic heterocycles. The van der Waals surface area contributed by atoms with Crippen LogP contribution in [0, 0.1) is 5.82 Å². The van der Waals surface area contributed by atoms with Crippen LogP contribution in [0.4, 0.5) is 16.2 Å². The molecule has 0 spiro atoms. The van der Waals surface area contributed by atoms with Gasteiger partial charge < -0.3 is 15.1 Å². The second kappa shape index (κ2) is 7.04. The van der Waals surface area contributed by atoms with Gasteiger partial charge >= 0.3 is 0 Å². The lowest BCUT2D eigenvalue weighted by Gasteiger charge is -2.32. The number of hydrogen-bond acceptors (Lipinski definition) is 5. The molecule has 0 aliphatic carbocycles. The van der Waals surface area contributed by atoms with E-state index in [1.165, 1.54) is 6.07 Å². The van der Waals surface area contributed by atoms with Gasteiger partial charge in [0, 0.05) is 44.5 Å². The van der Waals surface area contributed by atoms with Gasteiger partial charge in [0.2, 0.25) is 12.4 Å². The molecule has 0 unspecified atom stereocenters. The van der Waals surface area contributed by atoms with E-state index in [4.69, 9.17) is 0 Å². The van der Waals surface area contributed by atoms with Gasteiger partial charge in [-0.3, -0.25) is 4.79 Å². The van der Waals surface area contributed by atoms with Gasteiger partial charge in [0.25, 0.3) is 0 Å². The number of halogens is 1. The first-order chi connectivity index (χ1) is 11.3. The van der Waals surface area contributed by atoms with Crippen LogP contribution in [-0.4, -0.2) is 47.5 Å². The van der Waals surface area contributed by atoms with Crippen LogP contribution >= 0.6 is 0 Å². The summed E-state index contributed by atoms with van der Waals surface area (Å²) in [5.74, 6) is 1.03. The molecule has 0 saturated carbocycles. The number of nitrogens with zero attached hydrogens (tertiary/aromatic N) is 4. The van der Waals surface area contributed by atoms with Gasteiger partial charge in [-0.2, -0.15) is 4.98 Å². The van der Waals surface area contributed by atoms with Crippen LogP contribution < -0.4 is 10.2 Å². The van der Waals surface area contributed by atoms with Crippen molar-refractivity contribution in [1.29, 1.82) is 0 Å². The second-order valence-electron chi connectivity index (χ2n) is 5.32. The van der Waals surface area contributed by atoms with E-state index in [-0.39, 0.29) is 5.82 Å². The molecule has 23 heavy (non-hydrogen) atoms. The van der Waals surface area contributed by atoms with Crippen molar-refractivity contribution >= 4 is 18.2 Å². The third-order valence-corrected chi connectivity index (χ3v) is 3.81. The first-order valence-corrected chi connectivity index (χ1v) is 7.51. The van der Waals surface area contributed by atoms with E-state index in [0.29, 0.717) is 50.1 Å². The summed E-state index contributed by atoms with van der Waals surface area (Å²) in [6.07, 6.45) is 2.54. The maximum Gasteiger partial charge on any atom is 0.227 e. The van der Waals surface area contributed by atoms with Crippen molar-refractivity contribution < 1.29 is 9.18 Å². The van der Waals surface area contributed by atoms with Crippen LogP contribution in [0.2, 0.25) is 0 Å². The molecule has 120 valence electrons. The van der Waals surface area contributed by atoms with Crippen LogP contribution in [0.1, 0.15) is 5.56 Å². The van der Waals surface area contributed by atoms with Crippen LogP contribution in [-0.2, 0) is 11.3 Å². The Hall–Kier alpha value is -2.70. The Morgan fingerprint density at radius 2 is 1.96 bits per heavy atom. The monoisotopic (exact) mass is 315 g/mol. The highest BCUT2D eigenvalue weighted by molar-refractivity contribution is 5.49. The highest BCUT2D eigenvalue weighted by atomic mass is 19.1. The Labute approximate surface area is 134 Å². The first-order valence-electron chi connectivity index (χ1n) is 7.51. The Balaban J connectivity index is 1.64. The van der Waals surface area contributed by atoms with Gasteiger partial charge in [-0.1, -0.05) is 18.2 Å². The number of anilines is 2. The first kappa shape index (κ1) is 15.2. The van der Waals surface area contributed by atoms with Gasteiger partial charge in [0.1, 0.15) is 11.6 Å². The number of carbonyl (C=O) groups is 1. The van der Waals surface area contributed by atoms with E-state index in [1.54, 1.807) is 35.4 Å². The number of hydrogen-bond donors (Lipinski definition) is 1. The van der Waals surface area contributed by atoms with Crippen molar-refractivity contribution in [3.8, 4) is 0 Å². The fourth-order valence-electron chi connectivity index (χ4n) is 2.45. The Bertz CT molecular complexity index is 673. The fourth-order valence-corrected chi connectivity index (χ4v) is 2.45. The summed E-state index contributed by atoms with van der Waals surface area (Å²) < 4.78 is 13.6. The number of piperazine rings is 1. The highest BCUT2D eigenvalue weighted by Crippen LogP contribution is 2.14. The number of aromatic nitrogens is 2. The lowest BCUT2D eigenvalue weighted by Crippen LogP contribution is -2.46. The molecular formula is C16H18FN5O. The average Bonchev–Trinajstić information content (AvgIpc) is 2.61. The molecule has 1 aromatic heterocycles. The summed E-state index contributed by atoms with van der Waals surface area (Å²) in [6, 6.07) is 8.41. The number of carbonyl (C=O) groups excluding carboxylic acids is 1. The third-order valence-electron chi connectivity index (χ3n) is 3.81. The number of nitrogens with one attached hydrogen (secondary N) is 1. The minimum Gasteiger partial charge on any atom is -0.366 e. The SMILES string of the molecule is O=CN1CCN(c2nccc(NCc3ccccc3F)n2)CC1. The predicted octanol–water partition coefficient (Wildman–Crippen LogP) is 1.51. The Morgan fingerprint density at radius 1 is 1.17 bits per heavy atom. The lowest BCUT2D eigenvalue weighted by molar-refractivity contribution is -0.118. The molecule has 7 heteroatoms. The Kier molecular flexibility index (Phi) is 4.65. The van der Waals surface area contributed by atoms with Crippen LogP contribution in [0.5, 0.6) is 0 Å². The second-order valence-corrected chi connectivity index (χ2v) is 5.32. The topological polar surface area (TPSA) is 61.4 Å². The molecule has 2 heterocycles. The van der Waals surface area contributed by atoms with E-state index in [1.807, 2.05) is 4.90 Å². The lowest BCUT2D eigenvalue weighted by atomic mass is 10.2. The van der Waals surface area contributed by atoms with Gasteiger partial charge in [-0.15, -0.1) is 0 Å². The summed E-state index contributed by atoms with van der Waals surface area (Å²) in [7, 11) is 0. The van der Waals surface area contributed by atoms with Crippen molar-refractivity contribution in [2.45, 2.75) is 6.54 Å². The molecule has 1 aromatic carbocycles. The number of amides is 1. The van der Waals surface area contributed by atoms with Crippen molar-refractivity contribution in [3.63, 3.8) is 0 Å². The largest absolute Gasteiger partial charge is 0.366 e. The third kappa shape index (κ3) is 3.74. The molecule has 0 radical (unpaired) electrons. The predicted molar refractivity (Wildman–Crippen MR) is 85.6 cm³/mol. The van der Waals surface area contributed by atoms with Crippen molar-refractivity contribution in [2.24, 2.45) is 0 Å². The highest BCUT2D eigenvalue weighted by Gasteiger charge is 2.17. The molecule has 1 fully saturated rings. The fraction of sp³-hybridized carbons (Fsp3) is 0.312. The van der Waals surface area contributed by atoms with Gasteiger partial charge in [0.15, 0.2) is 0 Å². The zero-order valence-corrected chi connectivity index (χ0v) is 12.7. The molecular weight excluding hydrogens is 297 g/mol. The molecule has 6 nitrogen and oxygen atoms in total. The van der Waals surface area contributed by atoms with E-state index in [2.05, 4.69) is 15.3 Å². The van der Waals surface area contributed by atoms with E-state index in [0.717, 1.165) is 6.41 Å². The smallest absolute Gasteiger partial charge is 0.227 e. The maximum atomic E-state index is 13.6. The van der Waals surface area contributed by atoms with Crippen LogP contribution in [0.3, 0.4) is 0 Å². The Morgan fingerprint density at radius 3 is 2.70 bits per heavy atom. The van der Waals surface area contributed by atoms with Gasteiger partial charge in [0.05, 0.1) is 0 Å². The maximum absolute atomic E-state index is 13.6. The standard InChI is InChI=1S/C16H18FN5O/c17-14-4-2-1-3-13(14)11-19-15-5-6-18-16(20-15)22-9-7-21(12-23)8-10-22/h1-6,12H,7-11H2,(H,18,19,20). The molecule has 0 bridgehead atoms. The van der Waals surface area contributed by atoms with E-state index >= 15 is 0 Å². The minimum atomic E-state index is -0.237. The molecule has 0 atom stereocenters. The van der Waals surface area contributed by atoms with Crippen molar-refractivity contribution in [3.05, 3.63) is 47.9 Å². The molecule has 3 rings (SSSR count). The normalized spacial score (nSPS) is 14.7. The van der Waals surface area contributed by atoms with Crippen LogP contribution in [0.25, 0.3) is 0 Å². The average molecular weight is 315 g/mol. The molecule has 1 aliphatic rings. The van der Waals surface area contributed by atoms with Gasteiger partial charge in [-0.25, -0.2) is 9.37 Å². The zero-order chi connectivity index (χ0) is 16.1. The summed E-state index contributed by atoms with van der Waals surface area (Å²) in [6.45, 7) is 3.10. The molecule has 1 saturated heterocycles. The van der Waals surface area contributed by atoms with Crippen molar-refractivity contribution in [1.82, 2.24) is 14.9 Å². The minimum absolute atomic E-state index is 0.237. The molecule has 1 N–H and O–H groups in total. The molecule has 1 amide bonds. The van der Waals surface area contributed by atoms with Gasteiger partial charge in [-0.05, 0) is 12.1 Å². The number of rotatable bonds is 5. The quantitative estimate of drug-likeness (QED) is 0.848. The zero-order valence-electron chi connectivity index (χ0n) is 12.7. The van der Waals surface area contributed by atoms with Crippen LogP contribution in [0.15, 0.2) is 36.5 Å². The summed E-state index contributed by atoms with van der Waals surface area (Å²) in [4.78, 5) is 23.3. The summed E-state index contributed by atoms with van der Waals surface area (Å²) in [5, 5.41) is 3.12. The number of benzene rings is 1. The summed E-state index contributed by atoms with van der Waals surface area (Å²) >= 11 is 0. The van der Waals surface area contributed by atoms with Crippen molar-refractivity contribution in [2.75, 3.05) is 36.4 Å². The van der Waals surface area contributed by atoms with E-state index < -0.39 is 0 Å².